The Labute approximate surface area is 88.9 Å². The fourth-order valence-electron chi connectivity index (χ4n) is 1.36. The van der Waals surface area contributed by atoms with E-state index in [0.717, 1.165) is 0 Å². The Morgan fingerprint density at radius 2 is 1.25 bits per heavy atom. The maximum Gasteiger partial charge on any atom is 0.594 e. The first kappa shape index (κ1) is 13.3. The predicted molar refractivity (Wildman–Crippen MR) is 58.7 cm³/mol. The number of hydrogen-bond acceptors (Lipinski definition) is 1. The van der Waals surface area contributed by atoms with Gasteiger partial charge < -0.3 is 13.6 Å². The summed E-state index contributed by atoms with van der Waals surface area (Å²) in [5.41, 5.74) is 0. The zero-order valence-corrected chi connectivity index (χ0v) is 12.0. The molecule has 0 N–H and O–H groups in total. The zero-order chi connectivity index (χ0) is 10.2. The van der Waals surface area contributed by atoms with E-state index in [1.54, 1.807) is 0 Å². The zero-order valence-electron chi connectivity index (χ0n) is 8.94. The summed E-state index contributed by atoms with van der Waals surface area (Å²) in [6, 6.07) is 0. The van der Waals surface area contributed by atoms with E-state index in [-0.39, 0.29) is 10.3 Å². The van der Waals surface area contributed by atoms with E-state index in [2.05, 4.69) is 0 Å². The van der Waals surface area contributed by atoms with Crippen LogP contribution < -0.4 is 0 Å². The monoisotopic (exact) mass is 220 g/mol. The van der Waals surface area contributed by atoms with Crippen LogP contribution in [0.4, 0.5) is 0 Å². The second-order valence-corrected chi connectivity index (χ2v) is 15.1. The van der Waals surface area contributed by atoms with Gasteiger partial charge in [-0.05, 0) is 10.3 Å². The highest BCUT2D eigenvalue weighted by molar-refractivity contribution is 7.98. The first-order chi connectivity index (χ1) is 5.06. The van der Waals surface area contributed by atoms with Crippen LogP contribution in [0, 0.1) is 0 Å². The molecule has 0 atom stereocenters. The largest absolute Gasteiger partial charge is 0.594 e. The quantitative estimate of drug-likeness (QED) is 0.487. The topological polar surface area (TPSA) is 17.1 Å². The molecule has 0 saturated carbocycles. The van der Waals surface area contributed by atoms with Gasteiger partial charge in [-0.1, -0.05) is 41.5 Å². The van der Waals surface area contributed by atoms with Crippen molar-refractivity contribution in [2.75, 3.05) is 0 Å². The molecule has 0 fully saturated rings. The molecule has 0 aromatic rings. The molecular weight excluding hydrogens is 203 g/mol. The molecule has 0 aliphatic rings. The molecule has 1 nitrogen and oxygen atoms in total. The van der Waals surface area contributed by atoms with Crippen molar-refractivity contribution in [1.82, 2.24) is 0 Å². The van der Waals surface area contributed by atoms with Crippen molar-refractivity contribution in [3.05, 3.63) is 0 Å². The lowest BCUT2D eigenvalue weighted by molar-refractivity contribution is 0.532. The molecule has 70 valence electrons. The van der Waals surface area contributed by atoms with Gasteiger partial charge in [-0.2, -0.15) is 0 Å². The Morgan fingerprint density at radius 3 is 1.25 bits per heavy atom. The second-order valence-electron chi connectivity index (χ2n) is 5.20. The van der Waals surface area contributed by atoms with E-state index in [1.165, 1.54) is 0 Å². The van der Waals surface area contributed by atoms with Crippen LogP contribution in [0.25, 0.3) is 0 Å². The Bertz CT molecular complexity index is 184. The highest BCUT2D eigenvalue weighted by Gasteiger charge is 2.45. The fraction of sp³-hybridized carbons (Fsp3) is 1.00. The number of halogens is 1. The van der Waals surface area contributed by atoms with Crippen molar-refractivity contribution >= 4 is 32.7 Å². The third-order valence-corrected chi connectivity index (χ3v) is 16.7. The molecule has 12 heavy (non-hydrogen) atoms. The highest BCUT2D eigenvalue weighted by atomic mass is 35.5. The molecule has 0 aliphatic heterocycles. The van der Waals surface area contributed by atoms with Gasteiger partial charge in [0.1, 0.15) is 0 Å². The minimum atomic E-state index is -2.16. The Balaban J connectivity index is 5.11. The van der Waals surface area contributed by atoms with Gasteiger partial charge in [0, 0.05) is 4.93 Å². The minimum Gasteiger partial charge on any atom is -0.353 e. The van der Waals surface area contributed by atoms with Crippen molar-refractivity contribution in [1.29, 1.82) is 0 Å². The third kappa shape index (κ3) is 2.40. The summed E-state index contributed by atoms with van der Waals surface area (Å²) in [7, 11) is 5.95. The molecule has 4 heteroatoms. The molecule has 0 heterocycles. The van der Waals surface area contributed by atoms with Crippen LogP contribution in [-0.2, 0) is 4.57 Å². The Hall–Kier alpha value is 1.29. The van der Waals surface area contributed by atoms with Crippen LogP contribution in [0.5, 0.6) is 0 Å². The number of hydrogen-bond donors (Lipinski definition) is 0. The van der Waals surface area contributed by atoms with E-state index in [1.807, 2.05) is 41.5 Å². The van der Waals surface area contributed by atoms with Gasteiger partial charge in [-0.3, -0.25) is 0 Å². The Morgan fingerprint density at radius 1 is 1.00 bits per heavy atom. The van der Waals surface area contributed by atoms with Crippen molar-refractivity contribution < 1.29 is 4.57 Å². The second kappa shape index (κ2) is 3.80. The summed E-state index contributed by atoms with van der Waals surface area (Å²) in [6.45, 7) is 12.2. The summed E-state index contributed by atoms with van der Waals surface area (Å²) in [4.78, 5) is -2.16. The van der Waals surface area contributed by atoms with Crippen molar-refractivity contribution in [2.24, 2.45) is 0 Å². The van der Waals surface area contributed by atoms with Gasteiger partial charge in [-0.25, -0.2) is 0 Å². The minimum absolute atomic E-state index is 0.126. The highest BCUT2D eigenvalue weighted by Crippen LogP contribution is 2.65. The maximum absolute atomic E-state index is 12.6. The molecule has 0 saturated heterocycles. The van der Waals surface area contributed by atoms with Gasteiger partial charge in [0.2, 0.25) is 0 Å². The molecule has 0 aliphatic carbocycles. The lowest BCUT2D eigenvalue weighted by Crippen LogP contribution is -2.30. The molecule has 0 amide bonds. The van der Waals surface area contributed by atoms with Crippen molar-refractivity contribution in [3.8, 4) is 0 Å². The van der Waals surface area contributed by atoms with Gasteiger partial charge >= 0.3 is 18.7 Å². The molecule has 0 bridgehead atoms. The van der Waals surface area contributed by atoms with Gasteiger partial charge in [-0.15, -0.1) is 0 Å². The molecular formula is C8H18ClMgOP. The van der Waals surface area contributed by atoms with Crippen LogP contribution in [0.3, 0.4) is 0 Å². The molecule has 0 unspecified atom stereocenters. The van der Waals surface area contributed by atoms with E-state index >= 15 is 0 Å². The number of rotatable bonds is 1. The van der Waals surface area contributed by atoms with Crippen molar-refractivity contribution in [3.63, 3.8) is 0 Å². The van der Waals surface area contributed by atoms with Crippen LogP contribution in [0.1, 0.15) is 41.5 Å². The summed E-state index contributed by atoms with van der Waals surface area (Å²) < 4.78 is 12.6. The van der Waals surface area contributed by atoms with E-state index in [0.29, 0.717) is 0 Å². The van der Waals surface area contributed by atoms with Crippen molar-refractivity contribution in [2.45, 2.75) is 51.9 Å². The first-order valence-electron chi connectivity index (χ1n) is 4.21. The molecule has 0 radical (unpaired) electrons. The van der Waals surface area contributed by atoms with Crippen LogP contribution in [-0.4, -0.2) is 29.0 Å². The average molecular weight is 221 g/mol. The summed E-state index contributed by atoms with van der Waals surface area (Å²) in [5.74, 6) is 0. The van der Waals surface area contributed by atoms with E-state index in [4.69, 9.17) is 9.07 Å². The maximum atomic E-state index is 12.6. The van der Waals surface area contributed by atoms with Gasteiger partial charge in [0.05, 0.1) is 0 Å². The molecule has 0 rings (SSSR count). The van der Waals surface area contributed by atoms with E-state index in [9.17, 15) is 4.57 Å². The molecule has 0 aromatic heterocycles. The Kier molecular flexibility index (Phi) is 4.21. The van der Waals surface area contributed by atoms with Crippen LogP contribution in [0.15, 0.2) is 0 Å². The third-order valence-electron chi connectivity index (χ3n) is 2.34. The SMILES string of the molecule is CC(C)(C)[P](=O)([Mg][Cl])C(C)(C)C. The standard InChI is InChI=1S/C8H18OP.ClH.Mg/c1-7(2,3)10(9)8(4,5)6;;/h1-6H3;1H;/q+1;;/p-1. The van der Waals surface area contributed by atoms with Gasteiger partial charge in [0.15, 0.2) is 0 Å². The smallest absolute Gasteiger partial charge is 0.353 e. The normalized spacial score (nSPS) is 14.2. The lowest BCUT2D eigenvalue weighted by atomic mass is 10.2. The average Bonchev–Trinajstić information content (AvgIpc) is 1.81. The summed E-state index contributed by atoms with van der Waals surface area (Å²) >= 11 is -0.949. The summed E-state index contributed by atoms with van der Waals surface area (Å²) in [6.07, 6.45) is 0. The first-order valence-corrected chi connectivity index (χ1v) is 10.1. The van der Waals surface area contributed by atoms with Gasteiger partial charge in [0.25, 0.3) is 0 Å². The van der Waals surface area contributed by atoms with E-state index < -0.39 is 23.7 Å². The lowest BCUT2D eigenvalue weighted by Gasteiger charge is -2.41. The van der Waals surface area contributed by atoms with Crippen LogP contribution in [0.2, 0.25) is 0 Å². The van der Waals surface area contributed by atoms with Crippen LogP contribution >= 0.6 is 14.0 Å². The molecule has 0 spiro atoms. The predicted octanol–water partition coefficient (Wildman–Crippen LogP) is 3.72. The fourth-order valence-corrected chi connectivity index (χ4v) is 12.7. The summed E-state index contributed by atoms with van der Waals surface area (Å²) in [5, 5.41) is -0.252. The molecule has 0 aromatic carbocycles.